The SMILES string of the molecule is Cc1c(NC(=O)NC(C)Cn2cncn2)cccc1-c1nncn1C. The first-order valence-electron chi connectivity index (χ1n) is 7.88. The number of aromatic nitrogens is 6. The van der Waals surface area contributed by atoms with Gasteiger partial charge >= 0.3 is 6.03 Å². The van der Waals surface area contributed by atoms with Gasteiger partial charge in [0.05, 0.1) is 6.54 Å². The Morgan fingerprint density at radius 1 is 1.32 bits per heavy atom. The van der Waals surface area contributed by atoms with E-state index in [1.54, 1.807) is 17.3 Å². The highest BCUT2D eigenvalue weighted by molar-refractivity contribution is 5.91. The Kier molecular flexibility index (Phi) is 4.73. The molecule has 0 fully saturated rings. The fourth-order valence-electron chi connectivity index (χ4n) is 2.58. The number of urea groups is 1. The lowest BCUT2D eigenvalue weighted by atomic mass is 10.1. The molecule has 2 amide bonds. The van der Waals surface area contributed by atoms with Crippen molar-refractivity contribution >= 4 is 11.7 Å². The zero-order valence-corrected chi connectivity index (χ0v) is 14.3. The molecule has 9 heteroatoms. The lowest BCUT2D eigenvalue weighted by molar-refractivity contribution is 0.247. The maximum atomic E-state index is 12.3. The van der Waals surface area contributed by atoms with E-state index in [0.29, 0.717) is 6.54 Å². The molecule has 2 heterocycles. The second kappa shape index (κ2) is 7.12. The van der Waals surface area contributed by atoms with Crippen molar-refractivity contribution in [2.75, 3.05) is 5.32 Å². The van der Waals surface area contributed by atoms with Crippen molar-refractivity contribution in [3.63, 3.8) is 0 Å². The van der Waals surface area contributed by atoms with Crippen LogP contribution in [0.1, 0.15) is 12.5 Å². The van der Waals surface area contributed by atoms with Crippen molar-refractivity contribution in [2.24, 2.45) is 7.05 Å². The van der Waals surface area contributed by atoms with Gasteiger partial charge in [0.15, 0.2) is 5.82 Å². The molecule has 0 saturated carbocycles. The third-order valence-electron chi connectivity index (χ3n) is 3.84. The summed E-state index contributed by atoms with van der Waals surface area (Å²) in [5, 5.41) is 17.8. The molecule has 0 aliphatic carbocycles. The monoisotopic (exact) mass is 340 g/mol. The summed E-state index contributed by atoms with van der Waals surface area (Å²) in [6.07, 6.45) is 4.73. The molecule has 0 radical (unpaired) electrons. The van der Waals surface area contributed by atoms with E-state index in [-0.39, 0.29) is 12.1 Å². The van der Waals surface area contributed by atoms with Crippen LogP contribution in [-0.4, -0.2) is 41.6 Å². The molecule has 3 aromatic rings. The average Bonchev–Trinajstić information content (AvgIpc) is 3.21. The average molecular weight is 340 g/mol. The van der Waals surface area contributed by atoms with Crippen LogP contribution in [0, 0.1) is 6.92 Å². The predicted molar refractivity (Wildman–Crippen MR) is 92.8 cm³/mol. The summed E-state index contributed by atoms with van der Waals surface area (Å²) >= 11 is 0. The summed E-state index contributed by atoms with van der Waals surface area (Å²) in [6, 6.07) is 5.33. The molecule has 2 aromatic heterocycles. The molecule has 25 heavy (non-hydrogen) atoms. The first kappa shape index (κ1) is 16.6. The minimum atomic E-state index is -0.272. The van der Waals surface area contributed by atoms with E-state index in [4.69, 9.17) is 0 Å². The molecular formula is C16H20N8O. The van der Waals surface area contributed by atoms with Crippen LogP contribution in [-0.2, 0) is 13.6 Å². The summed E-state index contributed by atoms with van der Waals surface area (Å²) in [5.74, 6) is 0.751. The summed E-state index contributed by atoms with van der Waals surface area (Å²) in [7, 11) is 1.88. The largest absolute Gasteiger partial charge is 0.334 e. The summed E-state index contributed by atoms with van der Waals surface area (Å²) in [5.41, 5.74) is 2.58. The van der Waals surface area contributed by atoms with E-state index in [2.05, 4.69) is 30.9 Å². The fourth-order valence-corrected chi connectivity index (χ4v) is 2.58. The van der Waals surface area contributed by atoms with E-state index in [1.807, 2.05) is 43.7 Å². The van der Waals surface area contributed by atoms with Crippen LogP contribution in [0.3, 0.4) is 0 Å². The molecule has 3 rings (SSSR count). The van der Waals surface area contributed by atoms with Gasteiger partial charge in [-0.25, -0.2) is 9.78 Å². The van der Waals surface area contributed by atoms with E-state index in [9.17, 15) is 4.79 Å². The highest BCUT2D eigenvalue weighted by atomic mass is 16.2. The van der Waals surface area contributed by atoms with Crippen LogP contribution >= 0.6 is 0 Å². The van der Waals surface area contributed by atoms with Gasteiger partial charge in [0, 0.05) is 24.3 Å². The number of nitrogens with zero attached hydrogens (tertiary/aromatic N) is 6. The zero-order chi connectivity index (χ0) is 17.8. The number of amides is 2. The molecule has 0 aliphatic rings. The van der Waals surface area contributed by atoms with Crippen LogP contribution in [0.4, 0.5) is 10.5 Å². The molecule has 1 atom stereocenters. The molecule has 1 unspecified atom stereocenters. The van der Waals surface area contributed by atoms with Crippen molar-refractivity contribution in [3.8, 4) is 11.4 Å². The normalized spacial score (nSPS) is 12.0. The van der Waals surface area contributed by atoms with Crippen LogP contribution in [0.25, 0.3) is 11.4 Å². The van der Waals surface area contributed by atoms with Gasteiger partial charge in [-0.05, 0) is 25.5 Å². The summed E-state index contributed by atoms with van der Waals surface area (Å²) < 4.78 is 3.51. The number of nitrogens with one attached hydrogen (secondary N) is 2. The Hall–Kier alpha value is -3.23. The number of hydrogen-bond acceptors (Lipinski definition) is 5. The molecular weight excluding hydrogens is 320 g/mol. The Labute approximate surface area is 145 Å². The molecule has 0 spiro atoms. The number of carbonyl (C=O) groups is 1. The number of benzene rings is 1. The molecule has 0 aliphatic heterocycles. The lowest BCUT2D eigenvalue weighted by Crippen LogP contribution is -2.38. The smallest absolute Gasteiger partial charge is 0.319 e. The molecule has 1 aromatic carbocycles. The molecule has 2 N–H and O–H groups in total. The second-order valence-corrected chi connectivity index (χ2v) is 5.86. The Bertz CT molecular complexity index is 855. The number of carbonyl (C=O) groups excluding carboxylic acids is 1. The van der Waals surface area contributed by atoms with Crippen molar-refractivity contribution in [1.29, 1.82) is 0 Å². The van der Waals surface area contributed by atoms with Crippen molar-refractivity contribution in [1.82, 2.24) is 34.8 Å². The number of aryl methyl sites for hydroxylation is 1. The molecule has 130 valence electrons. The first-order chi connectivity index (χ1) is 12.0. The van der Waals surface area contributed by atoms with Crippen LogP contribution in [0.15, 0.2) is 37.2 Å². The quantitative estimate of drug-likeness (QED) is 0.734. The number of hydrogen-bond donors (Lipinski definition) is 2. The van der Waals surface area contributed by atoms with Gasteiger partial charge in [0.2, 0.25) is 0 Å². The fraction of sp³-hybridized carbons (Fsp3) is 0.312. The molecule has 0 bridgehead atoms. The number of anilines is 1. The van der Waals surface area contributed by atoms with Gasteiger partial charge in [-0.15, -0.1) is 10.2 Å². The van der Waals surface area contributed by atoms with Gasteiger partial charge < -0.3 is 15.2 Å². The third-order valence-corrected chi connectivity index (χ3v) is 3.84. The maximum Gasteiger partial charge on any atom is 0.319 e. The van der Waals surface area contributed by atoms with E-state index < -0.39 is 0 Å². The van der Waals surface area contributed by atoms with Gasteiger partial charge in [-0.3, -0.25) is 4.68 Å². The third kappa shape index (κ3) is 3.82. The van der Waals surface area contributed by atoms with E-state index in [0.717, 1.165) is 22.6 Å². The predicted octanol–water partition coefficient (Wildman–Crippen LogP) is 1.59. The van der Waals surface area contributed by atoms with Gasteiger partial charge in [-0.2, -0.15) is 5.10 Å². The number of rotatable bonds is 5. The van der Waals surface area contributed by atoms with Crippen LogP contribution in [0.2, 0.25) is 0 Å². The summed E-state index contributed by atoms with van der Waals surface area (Å²) in [4.78, 5) is 16.2. The van der Waals surface area contributed by atoms with Crippen molar-refractivity contribution in [2.45, 2.75) is 26.4 Å². The highest BCUT2D eigenvalue weighted by Crippen LogP contribution is 2.26. The topological polar surface area (TPSA) is 103 Å². The van der Waals surface area contributed by atoms with Gasteiger partial charge in [0.1, 0.15) is 19.0 Å². The molecule has 9 nitrogen and oxygen atoms in total. The van der Waals surface area contributed by atoms with Crippen molar-refractivity contribution < 1.29 is 4.79 Å². The second-order valence-electron chi connectivity index (χ2n) is 5.86. The lowest BCUT2D eigenvalue weighted by Gasteiger charge is -2.16. The van der Waals surface area contributed by atoms with E-state index >= 15 is 0 Å². The molecule has 0 saturated heterocycles. The Balaban J connectivity index is 1.68. The minimum absolute atomic E-state index is 0.0936. The summed E-state index contributed by atoms with van der Waals surface area (Å²) in [6.45, 7) is 4.40. The van der Waals surface area contributed by atoms with Gasteiger partial charge in [0.25, 0.3) is 0 Å². The Morgan fingerprint density at radius 2 is 2.16 bits per heavy atom. The highest BCUT2D eigenvalue weighted by Gasteiger charge is 2.13. The van der Waals surface area contributed by atoms with Crippen LogP contribution < -0.4 is 10.6 Å². The first-order valence-corrected chi connectivity index (χ1v) is 7.88. The zero-order valence-electron chi connectivity index (χ0n) is 14.3. The maximum absolute atomic E-state index is 12.3. The minimum Gasteiger partial charge on any atom is -0.334 e. The van der Waals surface area contributed by atoms with E-state index in [1.165, 1.54) is 6.33 Å². The Morgan fingerprint density at radius 3 is 2.84 bits per heavy atom. The standard InChI is InChI=1S/C16H20N8O/c1-11(7-24-9-17-8-19-24)20-16(25)21-14-6-4-5-13(12(14)2)15-22-18-10-23(15)3/h4-6,8-11H,7H2,1-3H3,(H2,20,21,25). The van der Waals surface area contributed by atoms with Gasteiger partial charge in [-0.1, -0.05) is 12.1 Å². The van der Waals surface area contributed by atoms with Crippen LogP contribution in [0.5, 0.6) is 0 Å². The van der Waals surface area contributed by atoms with Crippen molar-refractivity contribution in [3.05, 3.63) is 42.7 Å².